The van der Waals surface area contributed by atoms with E-state index in [4.69, 9.17) is 9.47 Å². The maximum absolute atomic E-state index is 12.1. The Morgan fingerprint density at radius 3 is 2.62 bits per heavy atom. The van der Waals surface area contributed by atoms with Gasteiger partial charge in [0.15, 0.2) is 11.5 Å². The molecule has 1 aromatic heterocycles. The zero-order chi connectivity index (χ0) is 17.5. The second-order valence-electron chi connectivity index (χ2n) is 5.12. The Morgan fingerprint density at radius 1 is 1.21 bits per heavy atom. The van der Waals surface area contributed by atoms with Gasteiger partial charge in [0.25, 0.3) is 11.5 Å². The monoisotopic (exact) mass is 332 g/mol. The summed E-state index contributed by atoms with van der Waals surface area (Å²) >= 11 is 0. The summed E-state index contributed by atoms with van der Waals surface area (Å²) in [7, 11) is 3.00. The molecule has 0 fully saturated rings. The van der Waals surface area contributed by atoms with Crippen molar-refractivity contribution in [1.82, 2.24) is 9.88 Å². The van der Waals surface area contributed by atoms with Crippen LogP contribution in [0.3, 0.4) is 0 Å². The molecular formula is C17H20N2O5. The van der Waals surface area contributed by atoms with Crippen molar-refractivity contribution in [2.75, 3.05) is 20.8 Å². The molecule has 2 N–H and O–H groups in total. The smallest absolute Gasteiger partial charge is 0.251 e. The SMILES string of the molecule is COc1ccc(C(=O)NCC(O)Cn2ccccc2=O)cc1OC. The summed E-state index contributed by atoms with van der Waals surface area (Å²) in [6.07, 6.45) is 0.705. The highest BCUT2D eigenvalue weighted by atomic mass is 16.5. The number of carbonyl (C=O) groups is 1. The predicted octanol–water partition coefficient (Wildman–Crippen LogP) is 0.656. The van der Waals surface area contributed by atoms with Gasteiger partial charge < -0.3 is 24.5 Å². The van der Waals surface area contributed by atoms with Crippen LogP contribution in [0.5, 0.6) is 11.5 Å². The summed E-state index contributed by atoms with van der Waals surface area (Å²) in [4.78, 5) is 23.7. The summed E-state index contributed by atoms with van der Waals surface area (Å²) in [5, 5.41) is 12.6. The van der Waals surface area contributed by atoms with Crippen LogP contribution in [0.1, 0.15) is 10.4 Å². The van der Waals surface area contributed by atoms with Gasteiger partial charge in [0.2, 0.25) is 0 Å². The summed E-state index contributed by atoms with van der Waals surface area (Å²) in [5.41, 5.74) is 0.180. The van der Waals surface area contributed by atoms with E-state index in [-0.39, 0.29) is 24.6 Å². The molecule has 0 bridgehead atoms. The van der Waals surface area contributed by atoms with E-state index < -0.39 is 6.10 Å². The third-order valence-corrected chi connectivity index (χ3v) is 3.45. The van der Waals surface area contributed by atoms with Gasteiger partial charge in [0, 0.05) is 24.4 Å². The highest BCUT2D eigenvalue weighted by Crippen LogP contribution is 2.27. The largest absolute Gasteiger partial charge is 0.493 e. The molecule has 0 saturated carbocycles. The van der Waals surface area contributed by atoms with E-state index >= 15 is 0 Å². The van der Waals surface area contributed by atoms with Crippen molar-refractivity contribution >= 4 is 5.91 Å². The minimum Gasteiger partial charge on any atom is -0.493 e. The maximum atomic E-state index is 12.1. The van der Waals surface area contributed by atoms with Gasteiger partial charge in [0.05, 0.1) is 26.9 Å². The molecule has 0 saturated heterocycles. The Kier molecular flexibility index (Phi) is 5.97. The Morgan fingerprint density at radius 2 is 1.96 bits per heavy atom. The number of nitrogens with zero attached hydrogens (tertiary/aromatic N) is 1. The molecule has 0 aliphatic heterocycles. The molecule has 2 aromatic rings. The summed E-state index contributed by atoms with van der Waals surface area (Å²) in [6.45, 7) is 0.125. The average Bonchev–Trinajstić information content (AvgIpc) is 2.61. The molecule has 7 nitrogen and oxygen atoms in total. The topological polar surface area (TPSA) is 89.8 Å². The fourth-order valence-electron chi connectivity index (χ4n) is 2.19. The second-order valence-corrected chi connectivity index (χ2v) is 5.12. The summed E-state index contributed by atoms with van der Waals surface area (Å²) in [5.74, 6) is 0.620. The van der Waals surface area contributed by atoms with E-state index in [9.17, 15) is 14.7 Å². The number of ether oxygens (including phenoxy) is 2. The van der Waals surface area contributed by atoms with Crippen LogP contribution < -0.4 is 20.3 Å². The van der Waals surface area contributed by atoms with Gasteiger partial charge in [-0.2, -0.15) is 0 Å². The normalized spacial score (nSPS) is 11.6. The van der Waals surface area contributed by atoms with Gasteiger partial charge in [-0.3, -0.25) is 9.59 Å². The zero-order valence-corrected chi connectivity index (χ0v) is 13.6. The van der Waals surface area contributed by atoms with E-state index in [1.165, 1.54) is 24.9 Å². The molecule has 0 aliphatic rings. The van der Waals surface area contributed by atoms with Crippen molar-refractivity contribution in [3.05, 3.63) is 58.5 Å². The number of carbonyl (C=O) groups excluding carboxylic acids is 1. The van der Waals surface area contributed by atoms with Crippen molar-refractivity contribution in [3.63, 3.8) is 0 Å². The Hall–Kier alpha value is -2.80. The molecular weight excluding hydrogens is 312 g/mol. The van der Waals surface area contributed by atoms with Crippen molar-refractivity contribution in [2.24, 2.45) is 0 Å². The lowest BCUT2D eigenvalue weighted by atomic mass is 10.2. The minimum absolute atomic E-state index is 0.0223. The molecule has 1 heterocycles. The molecule has 7 heteroatoms. The molecule has 0 radical (unpaired) electrons. The van der Waals surface area contributed by atoms with Crippen LogP contribution >= 0.6 is 0 Å². The van der Waals surface area contributed by atoms with E-state index in [0.717, 1.165) is 0 Å². The fraction of sp³-hybridized carbons (Fsp3) is 0.294. The van der Waals surface area contributed by atoms with Gasteiger partial charge >= 0.3 is 0 Å². The minimum atomic E-state index is -0.880. The highest BCUT2D eigenvalue weighted by molar-refractivity contribution is 5.94. The van der Waals surface area contributed by atoms with Gasteiger partial charge in [-0.1, -0.05) is 6.07 Å². The molecule has 1 aromatic carbocycles. The van der Waals surface area contributed by atoms with Crippen molar-refractivity contribution in [3.8, 4) is 11.5 Å². The van der Waals surface area contributed by atoms with Crippen molar-refractivity contribution < 1.29 is 19.4 Å². The predicted molar refractivity (Wildman–Crippen MR) is 88.6 cm³/mol. The fourth-order valence-corrected chi connectivity index (χ4v) is 2.19. The van der Waals surface area contributed by atoms with Crippen molar-refractivity contribution in [2.45, 2.75) is 12.6 Å². The number of methoxy groups -OCH3 is 2. The van der Waals surface area contributed by atoms with Gasteiger partial charge in [-0.25, -0.2) is 0 Å². The van der Waals surface area contributed by atoms with Crippen molar-refractivity contribution in [1.29, 1.82) is 0 Å². The number of amides is 1. The second kappa shape index (κ2) is 8.16. The van der Waals surface area contributed by atoms with Crippen LogP contribution in [0, 0.1) is 0 Å². The van der Waals surface area contributed by atoms with Crippen LogP contribution in [0.4, 0.5) is 0 Å². The molecule has 2 rings (SSSR count). The van der Waals surface area contributed by atoms with Crippen LogP contribution in [0.25, 0.3) is 0 Å². The van der Waals surface area contributed by atoms with Crippen LogP contribution in [-0.4, -0.2) is 42.4 Å². The Bertz CT molecular complexity index is 757. The third kappa shape index (κ3) is 4.36. The lowest BCUT2D eigenvalue weighted by Gasteiger charge is -2.14. The first-order valence-electron chi connectivity index (χ1n) is 7.39. The number of aromatic nitrogens is 1. The Labute approximate surface area is 139 Å². The third-order valence-electron chi connectivity index (χ3n) is 3.45. The number of nitrogens with one attached hydrogen (secondary N) is 1. The molecule has 1 amide bonds. The number of aliphatic hydroxyl groups is 1. The van der Waals surface area contributed by atoms with Crippen LogP contribution in [0.15, 0.2) is 47.4 Å². The number of hydrogen-bond acceptors (Lipinski definition) is 5. The number of pyridine rings is 1. The van der Waals surface area contributed by atoms with Crippen LogP contribution in [-0.2, 0) is 6.54 Å². The number of rotatable bonds is 7. The maximum Gasteiger partial charge on any atom is 0.251 e. The van der Waals surface area contributed by atoms with Gasteiger partial charge in [-0.05, 0) is 24.3 Å². The Balaban J connectivity index is 1.95. The number of benzene rings is 1. The first-order valence-corrected chi connectivity index (χ1v) is 7.39. The number of aliphatic hydroxyl groups excluding tert-OH is 1. The number of hydrogen-bond donors (Lipinski definition) is 2. The van der Waals surface area contributed by atoms with Crippen LogP contribution in [0.2, 0.25) is 0 Å². The summed E-state index contributed by atoms with van der Waals surface area (Å²) in [6, 6.07) is 9.54. The molecule has 128 valence electrons. The molecule has 0 aliphatic carbocycles. The van der Waals surface area contributed by atoms with Gasteiger partial charge in [0.1, 0.15) is 0 Å². The highest BCUT2D eigenvalue weighted by Gasteiger charge is 2.13. The lowest BCUT2D eigenvalue weighted by molar-refractivity contribution is 0.0903. The quantitative estimate of drug-likeness (QED) is 0.777. The zero-order valence-electron chi connectivity index (χ0n) is 13.6. The standard InChI is InChI=1S/C17H20N2O5/c1-23-14-7-6-12(9-15(14)24-2)17(22)18-10-13(20)11-19-8-4-3-5-16(19)21/h3-9,13,20H,10-11H2,1-2H3,(H,18,22). The van der Waals surface area contributed by atoms with E-state index in [0.29, 0.717) is 17.1 Å². The first kappa shape index (κ1) is 17.6. The van der Waals surface area contributed by atoms with E-state index in [1.807, 2.05) is 0 Å². The molecule has 0 spiro atoms. The molecule has 1 unspecified atom stereocenters. The molecule has 1 atom stereocenters. The van der Waals surface area contributed by atoms with E-state index in [1.54, 1.807) is 36.5 Å². The molecule has 24 heavy (non-hydrogen) atoms. The average molecular weight is 332 g/mol. The first-order chi connectivity index (χ1) is 11.5. The van der Waals surface area contributed by atoms with E-state index in [2.05, 4.69) is 5.32 Å². The van der Waals surface area contributed by atoms with Gasteiger partial charge in [-0.15, -0.1) is 0 Å². The lowest BCUT2D eigenvalue weighted by Crippen LogP contribution is -2.36. The summed E-state index contributed by atoms with van der Waals surface area (Å²) < 4.78 is 11.7.